The van der Waals surface area contributed by atoms with Crippen molar-refractivity contribution in [1.82, 2.24) is 0 Å². The number of ketones is 1. The molecule has 0 spiro atoms. The molecule has 0 radical (unpaired) electrons. The van der Waals surface area contributed by atoms with Crippen LogP contribution in [0.2, 0.25) is 19.6 Å². The van der Waals surface area contributed by atoms with Crippen molar-refractivity contribution in [1.29, 1.82) is 0 Å². The van der Waals surface area contributed by atoms with Crippen molar-refractivity contribution < 1.29 is 13.6 Å². The molecule has 1 aromatic rings. The first-order valence-electron chi connectivity index (χ1n) is 5.25. The van der Waals surface area contributed by atoms with Gasteiger partial charge >= 0.3 is 5.38 Å². The molecule has 0 amide bonds. The van der Waals surface area contributed by atoms with Crippen LogP contribution in [0.1, 0.15) is 15.9 Å². The summed E-state index contributed by atoms with van der Waals surface area (Å²) in [7, 11) is -1.64. The number of hydrogen-bond acceptors (Lipinski definition) is 1. The molecule has 0 saturated carbocycles. The Hall–Kier alpha value is -0.743. The molecular formula is C12H15ClF2OSi. The quantitative estimate of drug-likeness (QED) is 0.469. The predicted octanol–water partition coefficient (Wildman–Crippen LogP) is 3.55. The van der Waals surface area contributed by atoms with Crippen LogP contribution < -0.4 is 5.19 Å². The van der Waals surface area contributed by atoms with E-state index in [9.17, 15) is 13.6 Å². The van der Waals surface area contributed by atoms with Gasteiger partial charge in [0.25, 0.3) is 0 Å². The lowest BCUT2D eigenvalue weighted by Gasteiger charge is -2.19. The van der Waals surface area contributed by atoms with Gasteiger partial charge in [-0.2, -0.15) is 8.78 Å². The molecular weight excluding hydrogens is 262 g/mol. The number of halogens is 3. The molecule has 0 aromatic heterocycles. The Kier molecular flexibility index (Phi) is 3.79. The van der Waals surface area contributed by atoms with E-state index in [0.717, 1.165) is 10.8 Å². The lowest BCUT2D eigenvalue weighted by molar-refractivity contribution is 0.0536. The number of rotatable bonds is 3. The normalized spacial score (nSPS) is 12.6. The molecule has 1 nitrogen and oxygen atoms in total. The van der Waals surface area contributed by atoms with E-state index in [4.69, 9.17) is 11.6 Å². The third kappa shape index (κ3) is 3.61. The van der Waals surface area contributed by atoms with Gasteiger partial charge in [0.05, 0.1) is 8.07 Å². The zero-order valence-corrected chi connectivity index (χ0v) is 12.0. The molecule has 0 unspecified atom stereocenters. The van der Waals surface area contributed by atoms with Crippen LogP contribution in [0.15, 0.2) is 18.2 Å². The van der Waals surface area contributed by atoms with E-state index in [-0.39, 0.29) is 5.56 Å². The van der Waals surface area contributed by atoms with Crippen LogP contribution in [0.3, 0.4) is 0 Å². The second kappa shape index (κ2) is 4.50. The Morgan fingerprint density at radius 3 is 2.18 bits per heavy atom. The smallest absolute Gasteiger partial charge is 0.286 e. The summed E-state index contributed by atoms with van der Waals surface area (Å²) < 4.78 is 25.6. The topological polar surface area (TPSA) is 17.1 Å². The average Bonchev–Trinajstić information content (AvgIpc) is 2.12. The number of hydrogen-bond donors (Lipinski definition) is 0. The molecule has 1 aromatic carbocycles. The Balaban J connectivity index is 3.29. The molecule has 0 bridgehead atoms. The van der Waals surface area contributed by atoms with Crippen molar-refractivity contribution >= 4 is 30.6 Å². The summed E-state index contributed by atoms with van der Waals surface area (Å²) >= 11 is 4.77. The molecule has 0 saturated heterocycles. The highest BCUT2D eigenvalue weighted by molar-refractivity contribution is 6.88. The van der Waals surface area contributed by atoms with Crippen LogP contribution >= 0.6 is 11.6 Å². The fourth-order valence-electron chi connectivity index (χ4n) is 1.51. The molecule has 0 aliphatic carbocycles. The third-order valence-electron chi connectivity index (χ3n) is 2.46. The Morgan fingerprint density at radius 1 is 1.24 bits per heavy atom. The van der Waals surface area contributed by atoms with Crippen LogP contribution in [0.5, 0.6) is 0 Å². The number of carbonyl (C=O) groups is 1. The van der Waals surface area contributed by atoms with Crippen molar-refractivity contribution in [3.05, 3.63) is 29.3 Å². The molecule has 5 heteroatoms. The summed E-state index contributed by atoms with van der Waals surface area (Å²) in [5, 5.41) is -2.86. The lowest BCUT2D eigenvalue weighted by atomic mass is 10.1. The standard InChI is InChI=1S/C12H15ClF2OSi/c1-8-5-9(11(16)12(13,14)15)7-10(6-8)17(2,3)4/h5-7H,1-4H3. The zero-order chi connectivity index (χ0) is 13.4. The Bertz CT molecular complexity index is 447. The fraction of sp³-hybridized carbons (Fsp3) is 0.417. The largest absolute Gasteiger partial charge is 0.384 e. The van der Waals surface area contributed by atoms with Crippen molar-refractivity contribution in [2.24, 2.45) is 0 Å². The molecule has 17 heavy (non-hydrogen) atoms. The van der Waals surface area contributed by atoms with Gasteiger partial charge < -0.3 is 0 Å². The maximum absolute atomic E-state index is 12.8. The molecule has 0 aliphatic heterocycles. The summed E-state index contributed by atoms with van der Waals surface area (Å²) in [6.07, 6.45) is 0. The van der Waals surface area contributed by atoms with Crippen molar-refractivity contribution in [2.45, 2.75) is 31.9 Å². The maximum Gasteiger partial charge on any atom is 0.384 e. The first kappa shape index (κ1) is 14.3. The number of Topliss-reactive ketones (excluding diaryl/α,β-unsaturated/α-hetero) is 1. The molecule has 1 rings (SSSR count). The second-order valence-corrected chi connectivity index (χ2v) is 10.7. The van der Waals surface area contributed by atoms with Gasteiger partial charge in [-0.05, 0) is 24.6 Å². The molecule has 0 N–H and O–H groups in total. The molecule has 0 aliphatic rings. The minimum absolute atomic E-state index is 0.0116. The number of benzene rings is 1. The van der Waals surface area contributed by atoms with Gasteiger partial charge in [-0.25, -0.2) is 0 Å². The van der Waals surface area contributed by atoms with Gasteiger partial charge in [0.2, 0.25) is 5.78 Å². The van der Waals surface area contributed by atoms with Crippen molar-refractivity contribution in [2.75, 3.05) is 0 Å². The van der Waals surface area contributed by atoms with E-state index in [1.807, 2.05) is 6.07 Å². The summed E-state index contributed by atoms with van der Waals surface area (Å²) in [5.74, 6) is -1.33. The van der Waals surface area contributed by atoms with E-state index in [0.29, 0.717) is 0 Å². The van der Waals surface area contributed by atoms with Crippen LogP contribution in [0.4, 0.5) is 8.78 Å². The second-order valence-electron chi connectivity index (χ2n) is 5.16. The van der Waals surface area contributed by atoms with E-state index >= 15 is 0 Å². The first-order chi connectivity index (χ1) is 7.51. The molecule has 0 atom stereocenters. The number of carbonyl (C=O) groups excluding carboxylic acids is 1. The van der Waals surface area contributed by atoms with Crippen LogP contribution in [0.25, 0.3) is 0 Å². The van der Waals surface area contributed by atoms with Gasteiger partial charge in [-0.3, -0.25) is 4.79 Å². The highest BCUT2D eigenvalue weighted by Gasteiger charge is 2.37. The van der Waals surface area contributed by atoms with Gasteiger partial charge in [0, 0.05) is 5.56 Å². The van der Waals surface area contributed by atoms with Gasteiger partial charge in [-0.1, -0.05) is 42.5 Å². The average molecular weight is 277 g/mol. The summed E-state index contributed by atoms with van der Waals surface area (Å²) in [6.45, 7) is 8.06. The first-order valence-corrected chi connectivity index (χ1v) is 9.13. The van der Waals surface area contributed by atoms with Crippen LogP contribution in [-0.4, -0.2) is 19.2 Å². The van der Waals surface area contributed by atoms with E-state index in [1.165, 1.54) is 12.1 Å². The van der Waals surface area contributed by atoms with Gasteiger partial charge in [-0.15, -0.1) is 0 Å². The van der Waals surface area contributed by atoms with E-state index in [2.05, 4.69) is 19.6 Å². The SMILES string of the molecule is Cc1cc(C(=O)C(F)(F)Cl)cc([Si](C)(C)C)c1. The van der Waals surface area contributed by atoms with Crippen molar-refractivity contribution in [3.63, 3.8) is 0 Å². The minimum Gasteiger partial charge on any atom is -0.286 e. The van der Waals surface area contributed by atoms with Crippen LogP contribution in [-0.2, 0) is 0 Å². The molecule has 0 fully saturated rings. The Labute approximate surface area is 106 Å². The highest BCUT2D eigenvalue weighted by Crippen LogP contribution is 2.24. The van der Waals surface area contributed by atoms with Gasteiger partial charge in [0.15, 0.2) is 0 Å². The number of alkyl halides is 3. The molecule has 94 valence electrons. The monoisotopic (exact) mass is 276 g/mol. The van der Waals surface area contributed by atoms with Gasteiger partial charge in [0.1, 0.15) is 0 Å². The summed E-state index contributed by atoms with van der Waals surface area (Å²) in [5.41, 5.74) is 0.789. The minimum atomic E-state index is -3.83. The lowest BCUT2D eigenvalue weighted by Crippen LogP contribution is -2.38. The molecule has 0 heterocycles. The Morgan fingerprint density at radius 2 is 1.76 bits per heavy atom. The highest BCUT2D eigenvalue weighted by atomic mass is 35.5. The summed E-state index contributed by atoms with van der Waals surface area (Å²) in [6, 6.07) is 4.93. The maximum atomic E-state index is 12.8. The number of aryl methyl sites for hydroxylation is 1. The zero-order valence-electron chi connectivity index (χ0n) is 10.3. The third-order valence-corrected chi connectivity index (χ3v) is 4.66. The van der Waals surface area contributed by atoms with E-state index in [1.54, 1.807) is 6.92 Å². The van der Waals surface area contributed by atoms with Crippen molar-refractivity contribution in [3.8, 4) is 0 Å². The fourth-order valence-corrected chi connectivity index (χ4v) is 2.87. The van der Waals surface area contributed by atoms with E-state index < -0.39 is 19.2 Å². The van der Waals surface area contributed by atoms with Crippen LogP contribution in [0, 0.1) is 6.92 Å². The predicted molar refractivity (Wildman–Crippen MR) is 69.3 cm³/mol. The summed E-state index contributed by atoms with van der Waals surface area (Å²) in [4.78, 5) is 11.4.